The minimum absolute atomic E-state index is 0.00531. The standard InChI is InChI=1S/C30H32F3N5O7S/c1-19-16-22(26(39)36-11-13-37(14-12-36)28(41)42)17-20(2)24(19)6-15-46(43,44)38-9-7-29(8-10-38)27(40)34-25(35-29)21-4-3-5-23(18-21)45-30(31,32)33/h3-6,15-18H,7-14H2,1-2H3,(H,41,42)(H,34,35,40). The lowest BCUT2D eigenvalue weighted by Gasteiger charge is -2.34. The van der Waals surface area contributed by atoms with Gasteiger partial charge in [0, 0.05) is 55.8 Å². The Morgan fingerprint density at radius 1 is 1.00 bits per heavy atom. The Kier molecular flexibility index (Phi) is 8.88. The molecule has 0 bridgehead atoms. The Labute approximate surface area is 263 Å². The number of amides is 3. The van der Waals surface area contributed by atoms with Crippen molar-refractivity contribution in [2.24, 2.45) is 4.99 Å². The van der Waals surface area contributed by atoms with Gasteiger partial charge in [0.2, 0.25) is 10.0 Å². The van der Waals surface area contributed by atoms with Crippen molar-refractivity contribution in [2.45, 2.75) is 38.6 Å². The average Bonchev–Trinajstić information content (AvgIpc) is 3.30. The number of sulfonamides is 1. The maximum absolute atomic E-state index is 13.3. The second-order valence-electron chi connectivity index (χ2n) is 11.4. The average molecular weight is 664 g/mol. The monoisotopic (exact) mass is 663 g/mol. The van der Waals surface area contributed by atoms with Gasteiger partial charge in [-0.1, -0.05) is 12.1 Å². The molecule has 2 N–H and O–H groups in total. The first kappa shape index (κ1) is 32.9. The van der Waals surface area contributed by atoms with Gasteiger partial charge in [-0.15, -0.1) is 13.2 Å². The summed E-state index contributed by atoms with van der Waals surface area (Å²) in [5.41, 5.74) is 1.41. The Hall–Kier alpha value is -4.44. The zero-order valence-electron chi connectivity index (χ0n) is 25.0. The van der Waals surface area contributed by atoms with Crippen molar-refractivity contribution in [1.29, 1.82) is 0 Å². The summed E-state index contributed by atoms with van der Waals surface area (Å²) < 4.78 is 69.6. The summed E-state index contributed by atoms with van der Waals surface area (Å²) >= 11 is 0. The number of aliphatic imine (C=N–C) groups is 1. The van der Waals surface area contributed by atoms with Crippen LogP contribution in [0.5, 0.6) is 5.75 Å². The largest absolute Gasteiger partial charge is 0.573 e. The molecule has 3 aliphatic rings. The van der Waals surface area contributed by atoms with Gasteiger partial charge < -0.3 is 25.0 Å². The SMILES string of the molecule is Cc1cc(C(=O)N2CCN(C(=O)O)CC2)cc(C)c1C=CS(=O)(=O)N1CCC2(CC1)N=C(c1cccc(OC(F)(F)F)c1)NC2=O. The first-order chi connectivity index (χ1) is 21.6. The van der Waals surface area contributed by atoms with Crippen molar-refractivity contribution in [1.82, 2.24) is 19.4 Å². The lowest BCUT2D eigenvalue weighted by atomic mass is 9.89. The van der Waals surface area contributed by atoms with Crippen molar-refractivity contribution in [2.75, 3.05) is 39.3 Å². The zero-order valence-corrected chi connectivity index (χ0v) is 25.8. The van der Waals surface area contributed by atoms with E-state index < -0.39 is 39.7 Å². The van der Waals surface area contributed by atoms with Gasteiger partial charge in [-0.3, -0.25) is 14.6 Å². The first-order valence-electron chi connectivity index (χ1n) is 14.4. The second-order valence-corrected chi connectivity index (χ2v) is 13.2. The molecule has 0 aliphatic carbocycles. The highest BCUT2D eigenvalue weighted by Gasteiger charge is 2.47. The smallest absolute Gasteiger partial charge is 0.465 e. The second kappa shape index (κ2) is 12.4. The molecule has 0 unspecified atom stereocenters. The van der Waals surface area contributed by atoms with E-state index in [1.807, 2.05) is 0 Å². The molecule has 16 heteroatoms. The van der Waals surface area contributed by atoms with Gasteiger partial charge in [0.1, 0.15) is 17.1 Å². The van der Waals surface area contributed by atoms with E-state index in [4.69, 9.17) is 5.11 Å². The number of carbonyl (C=O) groups excluding carboxylic acids is 2. The number of benzene rings is 2. The molecule has 0 aromatic heterocycles. The summed E-state index contributed by atoms with van der Waals surface area (Å²) in [6, 6.07) is 8.43. The highest BCUT2D eigenvalue weighted by Crippen LogP contribution is 2.33. The molecule has 2 fully saturated rings. The molecule has 0 radical (unpaired) electrons. The van der Waals surface area contributed by atoms with E-state index in [1.54, 1.807) is 30.9 Å². The molecule has 12 nitrogen and oxygen atoms in total. The molecule has 0 saturated carbocycles. The predicted molar refractivity (Wildman–Crippen MR) is 161 cm³/mol. The quantitative estimate of drug-likeness (QED) is 0.482. The molecule has 0 atom stereocenters. The predicted octanol–water partition coefficient (Wildman–Crippen LogP) is 3.35. The number of hydrogen-bond acceptors (Lipinski definition) is 7. The van der Waals surface area contributed by atoms with Crippen LogP contribution in [0.4, 0.5) is 18.0 Å². The number of alkyl halides is 3. The van der Waals surface area contributed by atoms with E-state index >= 15 is 0 Å². The Bertz CT molecular complexity index is 1700. The molecule has 1 spiro atoms. The number of nitrogens with one attached hydrogen (secondary N) is 1. The summed E-state index contributed by atoms with van der Waals surface area (Å²) in [4.78, 5) is 44.5. The number of carbonyl (C=O) groups is 3. The summed E-state index contributed by atoms with van der Waals surface area (Å²) in [5.74, 6) is -1.06. The number of piperazine rings is 1. The number of piperidine rings is 1. The topological polar surface area (TPSA) is 149 Å². The summed E-state index contributed by atoms with van der Waals surface area (Å²) in [5, 5.41) is 12.8. The zero-order chi connectivity index (χ0) is 33.4. The third-order valence-corrected chi connectivity index (χ3v) is 9.88. The lowest BCUT2D eigenvalue weighted by molar-refractivity contribution is -0.274. The number of carboxylic acid groups (broad SMARTS) is 1. The fourth-order valence-corrected chi connectivity index (χ4v) is 7.00. The lowest BCUT2D eigenvalue weighted by Crippen LogP contribution is -2.50. The van der Waals surface area contributed by atoms with Crippen molar-refractivity contribution in [3.05, 3.63) is 69.6 Å². The molecule has 46 heavy (non-hydrogen) atoms. The van der Waals surface area contributed by atoms with Crippen LogP contribution in [0.3, 0.4) is 0 Å². The molecular weight excluding hydrogens is 631 g/mol. The van der Waals surface area contributed by atoms with Crippen LogP contribution in [0.25, 0.3) is 6.08 Å². The number of rotatable bonds is 6. The number of halogens is 3. The summed E-state index contributed by atoms with van der Waals surface area (Å²) in [6.45, 7) is 4.52. The van der Waals surface area contributed by atoms with Crippen LogP contribution in [0.2, 0.25) is 0 Å². The van der Waals surface area contributed by atoms with Crippen LogP contribution in [0, 0.1) is 13.8 Å². The fourth-order valence-electron chi connectivity index (χ4n) is 5.83. The van der Waals surface area contributed by atoms with E-state index in [0.717, 1.165) is 17.5 Å². The van der Waals surface area contributed by atoms with Crippen LogP contribution >= 0.6 is 0 Å². The highest BCUT2D eigenvalue weighted by molar-refractivity contribution is 7.92. The highest BCUT2D eigenvalue weighted by atomic mass is 32.2. The van der Waals surface area contributed by atoms with Crippen molar-refractivity contribution >= 4 is 39.8 Å². The molecule has 3 amide bonds. The van der Waals surface area contributed by atoms with Crippen LogP contribution in [0.1, 0.15) is 45.5 Å². The van der Waals surface area contributed by atoms with E-state index in [9.17, 15) is 36.0 Å². The van der Waals surface area contributed by atoms with Gasteiger partial charge in [0.15, 0.2) is 0 Å². The summed E-state index contributed by atoms with van der Waals surface area (Å²) in [6.07, 6.45) is -4.29. The summed E-state index contributed by atoms with van der Waals surface area (Å²) in [7, 11) is -3.90. The van der Waals surface area contributed by atoms with E-state index in [1.165, 1.54) is 27.4 Å². The van der Waals surface area contributed by atoms with Gasteiger partial charge >= 0.3 is 12.5 Å². The van der Waals surface area contributed by atoms with Crippen LogP contribution in [0.15, 0.2) is 46.8 Å². The normalized spacial score (nSPS) is 19.0. The number of hydrogen-bond donors (Lipinski definition) is 2. The maximum atomic E-state index is 13.3. The molecule has 2 aromatic carbocycles. The molecule has 246 valence electrons. The molecule has 3 aliphatic heterocycles. The number of nitrogens with zero attached hydrogens (tertiary/aromatic N) is 4. The third kappa shape index (κ3) is 7.02. The van der Waals surface area contributed by atoms with Crippen molar-refractivity contribution < 1.29 is 45.8 Å². The molecule has 2 saturated heterocycles. The van der Waals surface area contributed by atoms with Gasteiger partial charge in [-0.2, -0.15) is 4.31 Å². The van der Waals surface area contributed by atoms with Gasteiger partial charge in [-0.25, -0.2) is 13.2 Å². The van der Waals surface area contributed by atoms with Crippen molar-refractivity contribution in [3.8, 4) is 5.75 Å². The minimum atomic E-state index is -4.88. The van der Waals surface area contributed by atoms with Gasteiger partial charge in [-0.05, 0) is 73.7 Å². The Balaban J connectivity index is 1.24. The number of aryl methyl sites for hydroxylation is 2. The third-order valence-electron chi connectivity index (χ3n) is 8.32. The molecule has 5 rings (SSSR count). The van der Waals surface area contributed by atoms with Gasteiger partial charge in [0.05, 0.1) is 0 Å². The number of ether oxygens (including phenoxy) is 1. The first-order valence-corrected chi connectivity index (χ1v) is 15.9. The molecule has 3 heterocycles. The van der Waals surface area contributed by atoms with Crippen LogP contribution in [-0.2, 0) is 14.8 Å². The molecule has 2 aromatic rings. The van der Waals surface area contributed by atoms with Crippen LogP contribution in [-0.4, -0.2) is 103 Å². The maximum Gasteiger partial charge on any atom is 0.573 e. The minimum Gasteiger partial charge on any atom is -0.465 e. The fraction of sp³-hybridized carbons (Fsp3) is 0.400. The van der Waals surface area contributed by atoms with E-state index in [2.05, 4.69) is 15.0 Å². The van der Waals surface area contributed by atoms with Crippen LogP contribution < -0.4 is 10.1 Å². The van der Waals surface area contributed by atoms with Crippen molar-refractivity contribution in [3.63, 3.8) is 0 Å². The Morgan fingerprint density at radius 3 is 2.20 bits per heavy atom. The van der Waals surface area contributed by atoms with E-state index in [0.29, 0.717) is 22.3 Å². The number of amidine groups is 1. The van der Waals surface area contributed by atoms with Gasteiger partial charge in [0.25, 0.3) is 11.8 Å². The Morgan fingerprint density at radius 2 is 1.61 bits per heavy atom. The molecular formula is C30H32F3N5O7S. The van der Waals surface area contributed by atoms with E-state index in [-0.39, 0.29) is 69.4 Å².